The zero-order chi connectivity index (χ0) is 13.0. The molecule has 2 aromatic rings. The summed E-state index contributed by atoms with van der Waals surface area (Å²) in [5, 5.41) is 9.12. The Kier molecular flexibility index (Phi) is 6.12. The van der Waals surface area contributed by atoms with Crippen molar-refractivity contribution in [1.29, 1.82) is 0 Å². The van der Waals surface area contributed by atoms with E-state index >= 15 is 0 Å². The molecule has 1 radical (unpaired) electrons. The number of rotatable bonds is 4. The van der Waals surface area contributed by atoms with E-state index in [-0.39, 0.29) is 44.9 Å². The van der Waals surface area contributed by atoms with E-state index in [1.54, 1.807) is 6.08 Å². The van der Waals surface area contributed by atoms with Crippen LogP contribution in [0.1, 0.15) is 21.7 Å². The standard InChI is InChI=1S/C14H12N2O2.Y/c1-2-16-10-15-12(13(16)14(17)18)9-8-11-6-4-3-5-7-11;/h3-9H,1-2H2,(H,17,18);/q-2;/b9-8+;. The molecule has 0 aliphatic rings. The summed E-state index contributed by atoms with van der Waals surface area (Å²) in [7, 11) is 0. The molecule has 1 aromatic carbocycles. The topological polar surface area (TPSA) is 55.1 Å². The first kappa shape index (κ1) is 15.8. The first-order valence-electron chi connectivity index (χ1n) is 5.46. The molecule has 0 saturated heterocycles. The third kappa shape index (κ3) is 3.85. The van der Waals surface area contributed by atoms with Crippen LogP contribution in [0.15, 0.2) is 30.3 Å². The molecule has 5 heteroatoms. The zero-order valence-corrected chi connectivity index (χ0v) is 13.1. The van der Waals surface area contributed by atoms with E-state index in [0.717, 1.165) is 5.56 Å². The van der Waals surface area contributed by atoms with Crippen LogP contribution in [0.3, 0.4) is 0 Å². The van der Waals surface area contributed by atoms with Crippen molar-refractivity contribution in [3.63, 3.8) is 0 Å². The molecule has 1 aromatic heterocycles. The summed E-state index contributed by atoms with van der Waals surface area (Å²) in [6.07, 6.45) is 6.10. The fourth-order valence-electron chi connectivity index (χ4n) is 1.60. The number of carbonyl (C=O) groups is 1. The quantitative estimate of drug-likeness (QED) is 0.877. The molecule has 0 fully saturated rings. The molecular formula is C14H12N2O2Y-2. The Hall–Kier alpha value is -1.26. The number of carboxylic acid groups (broad SMARTS) is 1. The van der Waals surface area contributed by atoms with Gasteiger partial charge in [-0.1, -0.05) is 42.1 Å². The van der Waals surface area contributed by atoms with Gasteiger partial charge in [0.1, 0.15) is 0 Å². The predicted octanol–water partition coefficient (Wildman–Crippen LogP) is 2.38. The van der Waals surface area contributed by atoms with Crippen molar-refractivity contribution in [3.05, 3.63) is 60.5 Å². The normalized spacial score (nSPS) is 10.4. The van der Waals surface area contributed by atoms with Crippen molar-refractivity contribution in [1.82, 2.24) is 9.55 Å². The fraction of sp³-hybridized carbons (Fsp3) is 0.0714. The second-order valence-electron chi connectivity index (χ2n) is 3.65. The second-order valence-corrected chi connectivity index (χ2v) is 3.65. The van der Waals surface area contributed by atoms with Crippen LogP contribution in [-0.2, 0) is 39.3 Å². The van der Waals surface area contributed by atoms with Crippen molar-refractivity contribution in [2.75, 3.05) is 0 Å². The smallest absolute Gasteiger partial charge is 0.285 e. The van der Waals surface area contributed by atoms with Crippen LogP contribution < -0.4 is 0 Å². The van der Waals surface area contributed by atoms with Crippen molar-refractivity contribution >= 4 is 18.1 Å². The van der Waals surface area contributed by atoms with Crippen molar-refractivity contribution in [3.8, 4) is 0 Å². The van der Waals surface area contributed by atoms with Crippen LogP contribution in [0.4, 0.5) is 0 Å². The van der Waals surface area contributed by atoms with Crippen LogP contribution in [0.5, 0.6) is 0 Å². The van der Waals surface area contributed by atoms with Gasteiger partial charge in [-0.15, -0.1) is 12.6 Å². The molecular weight excluding hydrogens is 317 g/mol. The average Bonchev–Trinajstić information content (AvgIpc) is 2.80. The summed E-state index contributed by atoms with van der Waals surface area (Å²) in [6.45, 7) is 3.92. The molecule has 4 nitrogen and oxygen atoms in total. The van der Waals surface area contributed by atoms with Crippen molar-refractivity contribution in [2.24, 2.45) is 0 Å². The second kappa shape index (κ2) is 7.36. The predicted molar refractivity (Wildman–Crippen MR) is 68.7 cm³/mol. The number of carboxylic acids is 1. The van der Waals surface area contributed by atoms with E-state index in [9.17, 15) is 4.79 Å². The Bertz CT molecular complexity index is 576. The molecule has 19 heavy (non-hydrogen) atoms. The number of hydrogen-bond acceptors (Lipinski definition) is 2. The molecule has 0 unspecified atom stereocenters. The number of aromatic carboxylic acids is 1. The summed E-state index contributed by atoms with van der Waals surface area (Å²) >= 11 is 0. The number of imidazole rings is 1. The third-order valence-electron chi connectivity index (χ3n) is 2.46. The van der Waals surface area contributed by atoms with E-state index in [4.69, 9.17) is 5.11 Å². The Balaban J connectivity index is 0.00000180. The van der Waals surface area contributed by atoms with Crippen LogP contribution in [-0.4, -0.2) is 20.6 Å². The van der Waals surface area contributed by atoms with Crippen LogP contribution in [0, 0.1) is 13.3 Å². The molecule has 95 valence electrons. The molecule has 0 bridgehead atoms. The largest absolute Gasteiger partial charge is 0.486 e. The Morgan fingerprint density at radius 1 is 1.37 bits per heavy atom. The minimum Gasteiger partial charge on any atom is -0.486 e. The van der Waals surface area contributed by atoms with Gasteiger partial charge in [0.15, 0.2) is 0 Å². The van der Waals surface area contributed by atoms with E-state index in [0.29, 0.717) is 5.69 Å². The van der Waals surface area contributed by atoms with Crippen LogP contribution in [0.25, 0.3) is 12.2 Å². The zero-order valence-electron chi connectivity index (χ0n) is 10.3. The Morgan fingerprint density at radius 2 is 2.05 bits per heavy atom. The molecule has 2 rings (SSSR count). The SMILES string of the molecule is [CH2-]Cn1[c-]nc(/C=C/c2ccccc2)c1C(=O)O.[Y]. The molecule has 0 atom stereocenters. The van der Waals surface area contributed by atoms with Crippen LogP contribution >= 0.6 is 0 Å². The summed E-state index contributed by atoms with van der Waals surface area (Å²) in [5.74, 6) is -1.03. The molecule has 1 heterocycles. The molecule has 0 saturated carbocycles. The van der Waals surface area contributed by atoms with Gasteiger partial charge in [0.2, 0.25) is 0 Å². The Labute approximate surface area is 137 Å². The first-order chi connectivity index (χ1) is 8.72. The van der Waals surface area contributed by atoms with E-state index in [2.05, 4.69) is 18.2 Å². The number of hydrogen-bond donors (Lipinski definition) is 1. The van der Waals surface area contributed by atoms with Gasteiger partial charge in [0.05, 0.1) is 0 Å². The Morgan fingerprint density at radius 3 is 2.63 bits per heavy atom. The fourth-order valence-corrected chi connectivity index (χ4v) is 1.60. The summed E-state index contributed by atoms with van der Waals surface area (Å²) in [6, 6.07) is 9.61. The molecule has 0 spiro atoms. The van der Waals surface area contributed by atoms with Gasteiger partial charge >= 0.3 is 0 Å². The maximum Gasteiger partial charge on any atom is 0.285 e. The third-order valence-corrected chi connectivity index (χ3v) is 2.46. The van der Waals surface area contributed by atoms with E-state index in [1.165, 1.54) is 4.57 Å². The monoisotopic (exact) mass is 329 g/mol. The van der Waals surface area contributed by atoms with Crippen molar-refractivity contribution in [2.45, 2.75) is 6.54 Å². The van der Waals surface area contributed by atoms with Gasteiger partial charge in [0.25, 0.3) is 5.97 Å². The molecule has 0 amide bonds. The van der Waals surface area contributed by atoms with E-state index < -0.39 is 5.97 Å². The minimum atomic E-state index is -1.03. The van der Waals surface area contributed by atoms with E-state index in [1.807, 2.05) is 36.4 Å². The summed E-state index contributed by atoms with van der Waals surface area (Å²) in [4.78, 5) is 15.1. The van der Waals surface area contributed by atoms with Gasteiger partial charge in [-0.25, -0.2) is 0 Å². The number of aromatic nitrogens is 2. The van der Waals surface area contributed by atoms with Crippen molar-refractivity contribution < 1.29 is 42.6 Å². The van der Waals surface area contributed by atoms with Gasteiger partial charge < -0.3 is 21.6 Å². The molecule has 0 aliphatic heterocycles. The summed E-state index contributed by atoms with van der Waals surface area (Å²) < 4.78 is 1.38. The minimum absolute atomic E-state index is 0. The maximum absolute atomic E-state index is 11.1. The number of benzene rings is 1. The van der Waals surface area contributed by atoms with Gasteiger partial charge in [-0.05, 0) is 17.6 Å². The first-order valence-corrected chi connectivity index (χ1v) is 5.46. The van der Waals surface area contributed by atoms with Gasteiger partial charge in [0, 0.05) is 32.7 Å². The van der Waals surface area contributed by atoms with Crippen LogP contribution in [0.2, 0.25) is 0 Å². The van der Waals surface area contributed by atoms with Gasteiger partial charge in [-0.3, -0.25) is 4.79 Å². The van der Waals surface area contributed by atoms with Gasteiger partial charge in [-0.2, -0.15) is 0 Å². The number of nitrogens with zero attached hydrogens (tertiary/aromatic N) is 2. The average molecular weight is 329 g/mol. The molecule has 1 N–H and O–H groups in total. The summed E-state index contributed by atoms with van der Waals surface area (Å²) in [5.41, 5.74) is 1.48. The molecule has 0 aliphatic carbocycles. The maximum atomic E-state index is 11.1.